The molecule has 0 amide bonds. The van der Waals surface area contributed by atoms with E-state index in [1.807, 2.05) is 0 Å². The standard InChI is InChI=1S/C8H8ClN5O3/c9-5-3-6(14(15)16)8(10)7(4-5)17-2-1-12-13-11/h3-4H,1-2,10H2. The van der Waals surface area contributed by atoms with Crippen molar-refractivity contribution in [2.75, 3.05) is 18.9 Å². The number of hydrogen-bond acceptors (Lipinski definition) is 5. The number of rotatable bonds is 5. The first kappa shape index (κ1) is 12.9. The van der Waals surface area contributed by atoms with E-state index < -0.39 is 4.92 Å². The van der Waals surface area contributed by atoms with E-state index in [4.69, 9.17) is 27.6 Å². The number of ether oxygens (including phenoxy) is 1. The largest absolute Gasteiger partial charge is 0.491 e. The summed E-state index contributed by atoms with van der Waals surface area (Å²) in [6, 6.07) is 2.50. The highest BCUT2D eigenvalue weighted by molar-refractivity contribution is 6.31. The van der Waals surface area contributed by atoms with Gasteiger partial charge in [-0.05, 0) is 5.53 Å². The molecule has 0 spiro atoms. The van der Waals surface area contributed by atoms with E-state index in [2.05, 4.69) is 10.0 Å². The van der Waals surface area contributed by atoms with E-state index in [1.54, 1.807) is 0 Å². The molecule has 9 heteroatoms. The summed E-state index contributed by atoms with van der Waals surface area (Å²) in [6.07, 6.45) is 0. The van der Waals surface area contributed by atoms with Crippen LogP contribution in [0.5, 0.6) is 5.75 Å². The third-order valence-electron chi connectivity index (χ3n) is 1.79. The lowest BCUT2D eigenvalue weighted by atomic mass is 10.2. The van der Waals surface area contributed by atoms with Crippen molar-refractivity contribution in [3.63, 3.8) is 0 Å². The van der Waals surface area contributed by atoms with Crippen molar-refractivity contribution in [3.05, 3.63) is 37.7 Å². The molecule has 0 aliphatic rings. The fourth-order valence-corrected chi connectivity index (χ4v) is 1.29. The van der Waals surface area contributed by atoms with E-state index in [9.17, 15) is 10.1 Å². The predicted octanol–water partition coefficient (Wildman–Crippen LogP) is 2.52. The van der Waals surface area contributed by atoms with Gasteiger partial charge in [0, 0.05) is 17.0 Å². The lowest BCUT2D eigenvalue weighted by Gasteiger charge is -2.08. The highest BCUT2D eigenvalue weighted by Crippen LogP contribution is 2.34. The fourth-order valence-electron chi connectivity index (χ4n) is 1.09. The molecule has 0 saturated carbocycles. The zero-order valence-electron chi connectivity index (χ0n) is 8.54. The van der Waals surface area contributed by atoms with Crippen molar-refractivity contribution in [1.29, 1.82) is 0 Å². The fraction of sp³-hybridized carbons (Fsp3) is 0.250. The molecule has 1 aromatic rings. The average Bonchev–Trinajstić information content (AvgIpc) is 2.28. The maximum atomic E-state index is 10.6. The number of azide groups is 1. The van der Waals surface area contributed by atoms with Gasteiger partial charge in [0.15, 0.2) is 11.4 Å². The SMILES string of the molecule is [N-]=[N+]=NCCOc1cc(Cl)cc([N+](=O)[O-])c1N. The quantitative estimate of drug-likeness (QED) is 0.165. The predicted molar refractivity (Wildman–Crippen MR) is 62.0 cm³/mol. The molecule has 0 aromatic heterocycles. The molecule has 90 valence electrons. The van der Waals surface area contributed by atoms with E-state index in [-0.39, 0.29) is 35.3 Å². The first-order valence-electron chi connectivity index (χ1n) is 4.43. The van der Waals surface area contributed by atoms with Gasteiger partial charge in [0.25, 0.3) is 5.69 Å². The van der Waals surface area contributed by atoms with E-state index in [0.717, 1.165) is 6.07 Å². The first-order chi connectivity index (χ1) is 8.06. The van der Waals surface area contributed by atoms with Crippen molar-refractivity contribution in [2.24, 2.45) is 5.11 Å². The molecular formula is C8H8ClN5O3. The van der Waals surface area contributed by atoms with Crippen LogP contribution in [0.1, 0.15) is 0 Å². The molecule has 0 bridgehead atoms. The number of nitrogen functional groups attached to an aromatic ring is 1. The summed E-state index contributed by atoms with van der Waals surface area (Å²) in [5.74, 6) is 0.0948. The van der Waals surface area contributed by atoms with Gasteiger partial charge in [-0.15, -0.1) is 0 Å². The van der Waals surface area contributed by atoms with Crippen LogP contribution in [0.4, 0.5) is 11.4 Å². The zero-order chi connectivity index (χ0) is 12.8. The number of nitro benzene ring substituents is 1. The second-order valence-electron chi connectivity index (χ2n) is 2.90. The smallest absolute Gasteiger partial charge is 0.297 e. The maximum absolute atomic E-state index is 10.6. The Morgan fingerprint density at radius 2 is 2.35 bits per heavy atom. The van der Waals surface area contributed by atoms with Crippen LogP contribution in [-0.4, -0.2) is 18.1 Å². The van der Waals surface area contributed by atoms with E-state index in [0.29, 0.717) is 0 Å². The van der Waals surface area contributed by atoms with Gasteiger partial charge in [-0.2, -0.15) is 0 Å². The topological polar surface area (TPSA) is 127 Å². The number of anilines is 1. The van der Waals surface area contributed by atoms with Gasteiger partial charge in [0.05, 0.1) is 23.1 Å². The van der Waals surface area contributed by atoms with Crippen LogP contribution < -0.4 is 10.5 Å². The Morgan fingerprint density at radius 1 is 1.65 bits per heavy atom. The minimum atomic E-state index is -0.651. The molecule has 17 heavy (non-hydrogen) atoms. The Kier molecular flexibility index (Phi) is 4.38. The summed E-state index contributed by atoms with van der Waals surface area (Å²) in [5.41, 5.74) is 13.2. The van der Waals surface area contributed by atoms with Gasteiger partial charge < -0.3 is 10.5 Å². The van der Waals surface area contributed by atoms with E-state index in [1.165, 1.54) is 6.07 Å². The van der Waals surface area contributed by atoms with Crippen LogP contribution >= 0.6 is 11.6 Å². The number of halogens is 1. The number of nitro groups is 1. The average molecular weight is 258 g/mol. The maximum Gasteiger partial charge on any atom is 0.297 e. The molecule has 1 aromatic carbocycles. The number of nitrogens with two attached hydrogens (primary N) is 1. The Morgan fingerprint density at radius 3 is 2.94 bits per heavy atom. The molecule has 0 aliphatic heterocycles. The van der Waals surface area contributed by atoms with Gasteiger partial charge in [-0.3, -0.25) is 10.1 Å². The lowest BCUT2D eigenvalue weighted by Crippen LogP contribution is -2.04. The highest BCUT2D eigenvalue weighted by Gasteiger charge is 2.17. The van der Waals surface area contributed by atoms with Crippen LogP contribution in [0.3, 0.4) is 0 Å². The molecule has 2 N–H and O–H groups in total. The van der Waals surface area contributed by atoms with Crippen molar-refractivity contribution in [2.45, 2.75) is 0 Å². The minimum absolute atomic E-state index is 0.0613. The summed E-state index contributed by atoms with van der Waals surface area (Å²) in [7, 11) is 0. The normalized spacial score (nSPS) is 9.47. The van der Waals surface area contributed by atoms with Crippen LogP contribution in [-0.2, 0) is 0 Å². The summed E-state index contributed by atoms with van der Waals surface area (Å²) in [6.45, 7) is 0.155. The van der Waals surface area contributed by atoms with Gasteiger partial charge in [0.1, 0.15) is 0 Å². The van der Waals surface area contributed by atoms with Crippen molar-refractivity contribution >= 4 is 23.0 Å². The monoisotopic (exact) mass is 257 g/mol. The summed E-state index contributed by atoms with van der Waals surface area (Å²) >= 11 is 5.68. The molecule has 0 atom stereocenters. The lowest BCUT2D eigenvalue weighted by molar-refractivity contribution is -0.383. The van der Waals surface area contributed by atoms with Gasteiger partial charge in [-0.1, -0.05) is 16.7 Å². The highest BCUT2D eigenvalue weighted by atomic mass is 35.5. The Hall–Kier alpha value is -2.18. The van der Waals surface area contributed by atoms with Crippen LogP contribution in [0.15, 0.2) is 17.2 Å². The molecular weight excluding hydrogens is 250 g/mol. The number of hydrogen-bond donors (Lipinski definition) is 1. The number of nitrogens with zero attached hydrogens (tertiary/aromatic N) is 4. The minimum Gasteiger partial charge on any atom is -0.491 e. The summed E-state index contributed by atoms with van der Waals surface area (Å²) in [5, 5.41) is 14.0. The van der Waals surface area contributed by atoms with Crippen molar-refractivity contribution < 1.29 is 9.66 Å². The molecule has 0 aliphatic carbocycles. The van der Waals surface area contributed by atoms with Crippen LogP contribution in [0.25, 0.3) is 10.4 Å². The Balaban J connectivity index is 2.91. The van der Waals surface area contributed by atoms with Crippen LogP contribution in [0, 0.1) is 10.1 Å². The zero-order valence-corrected chi connectivity index (χ0v) is 9.29. The molecule has 0 heterocycles. The van der Waals surface area contributed by atoms with Crippen molar-refractivity contribution in [3.8, 4) is 5.75 Å². The third kappa shape index (κ3) is 3.40. The summed E-state index contributed by atoms with van der Waals surface area (Å²) in [4.78, 5) is 12.5. The second kappa shape index (κ2) is 5.78. The van der Waals surface area contributed by atoms with Crippen molar-refractivity contribution in [1.82, 2.24) is 0 Å². The second-order valence-corrected chi connectivity index (χ2v) is 3.33. The van der Waals surface area contributed by atoms with Gasteiger partial charge in [-0.25, -0.2) is 0 Å². The first-order valence-corrected chi connectivity index (χ1v) is 4.81. The third-order valence-corrected chi connectivity index (χ3v) is 2.01. The molecule has 8 nitrogen and oxygen atoms in total. The Labute approximate surface area is 101 Å². The van der Waals surface area contributed by atoms with Crippen LogP contribution in [0.2, 0.25) is 5.02 Å². The van der Waals surface area contributed by atoms with Gasteiger partial charge in [0.2, 0.25) is 0 Å². The molecule has 0 radical (unpaired) electrons. The number of benzene rings is 1. The summed E-state index contributed by atoms with van der Waals surface area (Å²) < 4.78 is 5.13. The van der Waals surface area contributed by atoms with E-state index >= 15 is 0 Å². The molecule has 0 unspecified atom stereocenters. The Bertz CT molecular complexity index is 486. The molecule has 1 rings (SSSR count). The molecule has 0 fully saturated rings. The molecule has 0 saturated heterocycles. The van der Waals surface area contributed by atoms with Gasteiger partial charge >= 0.3 is 0 Å².